The maximum atomic E-state index is 9.26. The van der Waals surface area contributed by atoms with Crippen molar-refractivity contribution in [3.8, 4) is 6.07 Å². The molecule has 3 rings (SSSR count). The van der Waals surface area contributed by atoms with Crippen LogP contribution in [0, 0.1) is 11.3 Å². The van der Waals surface area contributed by atoms with Crippen molar-refractivity contribution in [2.24, 2.45) is 0 Å². The molecule has 1 aromatic carbocycles. The van der Waals surface area contributed by atoms with E-state index in [4.69, 9.17) is 11.6 Å². The van der Waals surface area contributed by atoms with E-state index in [2.05, 4.69) is 15.9 Å². The van der Waals surface area contributed by atoms with Gasteiger partial charge in [-0.15, -0.1) is 0 Å². The molecule has 2 saturated heterocycles. The van der Waals surface area contributed by atoms with Gasteiger partial charge < -0.3 is 4.90 Å². The monoisotopic (exact) mass is 275 g/mol. The zero-order valence-corrected chi connectivity index (χ0v) is 11.7. The van der Waals surface area contributed by atoms with Gasteiger partial charge in [0.1, 0.15) is 6.07 Å². The summed E-state index contributed by atoms with van der Waals surface area (Å²) in [6, 6.07) is 8.56. The average Bonchev–Trinajstić information content (AvgIpc) is 2.46. The van der Waals surface area contributed by atoms with E-state index in [1.807, 2.05) is 12.1 Å². The number of nitrogens with zero attached hydrogens (tertiary/aromatic N) is 3. The first-order valence-electron chi connectivity index (χ1n) is 6.96. The molecule has 0 radical (unpaired) electrons. The van der Waals surface area contributed by atoms with E-state index in [-0.39, 0.29) is 0 Å². The van der Waals surface area contributed by atoms with Crippen molar-refractivity contribution < 1.29 is 0 Å². The standard InChI is InChI=1S/C15H18ClN3/c16-13-4-5-15(12(9-13)10-17)19-8-7-18-6-2-1-3-14(18)11-19/h4-5,9,14H,1-3,6-8,11H2. The predicted octanol–water partition coefficient (Wildman–Crippen LogP) is 2.89. The lowest BCUT2D eigenvalue weighted by Gasteiger charge is -2.45. The van der Waals surface area contributed by atoms with Gasteiger partial charge in [0, 0.05) is 30.7 Å². The van der Waals surface area contributed by atoms with Crippen molar-refractivity contribution >= 4 is 17.3 Å². The van der Waals surface area contributed by atoms with Crippen LogP contribution in [0.2, 0.25) is 5.02 Å². The van der Waals surface area contributed by atoms with E-state index < -0.39 is 0 Å². The summed E-state index contributed by atoms with van der Waals surface area (Å²) in [7, 11) is 0. The van der Waals surface area contributed by atoms with Crippen LogP contribution in [0.3, 0.4) is 0 Å². The second-order valence-electron chi connectivity index (χ2n) is 5.40. The molecule has 2 fully saturated rings. The Bertz CT molecular complexity index is 509. The molecular formula is C15H18ClN3. The Kier molecular flexibility index (Phi) is 3.63. The fourth-order valence-corrected chi connectivity index (χ4v) is 3.42. The van der Waals surface area contributed by atoms with E-state index in [9.17, 15) is 5.26 Å². The summed E-state index contributed by atoms with van der Waals surface area (Å²) >= 11 is 5.97. The van der Waals surface area contributed by atoms with Gasteiger partial charge in [-0.2, -0.15) is 5.26 Å². The van der Waals surface area contributed by atoms with Gasteiger partial charge in [-0.05, 0) is 37.6 Å². The third-order valence-electron chi connectivity index (χ3n) is 4.26. The Labute approximate surface area is 119 Å². The third-order valence-corrected chi connectivity index (χ3v) is 4.49. The first-order valence-corrected chi connectivity index (χ1v) is 7.34. The second kappa shape index (κ2) is 5.40. The third kappa shape index (κ3) is 2.56. The Morgan fingerprint density at radius 1 is 1.21 bits per heavy atom. The number of nitriles is 1. The van der Waals surface area contributed by atoms with E-state index in [0.29, 0.717) is 16.6 Å². The summed E-state index contributed by atoms with van der Waals surface area (Å²) in [6.07, 6.45) is 3.95. The molecule has 3 nitrogen and oxygen atoms in total. The second-order valence-corrected chi connectivity index (χ2v) is 5.84. The number of anilines is 1. The smallest absolute Gasteiger partial charge is 0.101 e. The number of piperazine rings is 1. The number of hydrogen-bond donors (Lipinski definition) is 0. The van der Waals surface area contributed by atoms with E-state index in [0.717, 1.165) is 25.3 Å². The molecule has 2 aliphatic rings. The zero-order valence-electron chi connectivity index (χ0n) is 11.0. The molecule has 1 atom stereocenters. The molecule has 0 saturated carbocycles. The van der Waals surface area contributed by atoms with Crippen LogP contribution in [0.15, 0.2) is 18.2 Å². The molecular weight excluding hydrogens is 258 g/mol. The predicted molar refractivity (Wildman–Crippen MR) is 77.6 cm³/mol. The summed E-state index contributed by atoms with van der Waals surface area (Å²) in [5.74, 6) is 0. The van der Waals surface area contributed by atoms with E-state index in [1.54, 1.807) is 6.07 Å². The zero-order chi connectivity index (χ0) is 13.2. The molecule has 2 aliphatic heterocycles. The highest BCUT2D eigenvalue weighted by Gasteiger charge is 2.29. The van der Waals surface area contributed by atoms with Crippen molar-refractivity contribution in [2.45, 2.75) is 25.3 Å². The minimum absolute atomic E-state index is 0.636. The molecule has 4 heteroatoms. The van der Waals surface area contributed by atoms with Crippen LogP contribution in [0.4, 0.5) is 5.69 Å². The molecule has 100 valence electrons. The molecule has 0 spiro atoms. The average molecular weight is 276 g/mol. The van der Waals surface area contributed by atoms with Crippen LogP contribution in [0.25, 0.3) is 0 Å². The SMILES string of the molecule is N#Cc1cc(Cl)ccc1N1CCN2CCCCC2C1. The Hall–Kier alpha value is -1.24. The van der Waals surface area contributed by atoms with Gasteiger partial charge in [0.15, 0.2) is 0 Å². The number of piperidine rings is 1. The van der Waals surface area contributed by atoms with E-state index in [1.165, 1.54) is 25.8 Å². The normalized spacial score (nSPS) is 23.8. The molecule has 0 amide bonds. The highest BCUT2D eigenvalue weighted by molar-refractivity contribution is 6.30. The van der Waals surface area contributed by atoms with Crippen LogP contribution >= 0.6 is 11.6 Å². The van der Waals surface area contributed by atoms with Crippen LogP contribution < -0.4 is 4.90 Å². The van der Waals surface area contributed by atoms with Crippen LogP contribution in [-0.2, 0) is 0 Å². The number of benzene rings is 1. The Morgan fingerprint density at radius 2 is 2.11 bits per heavy atom. The highest BCUT2D eigenvalue weighted by atomic mass is 35.5. The molecule has 2 heterocycles. The highest BCUT2D eigenvalue weighted by Crippen LogP contribution is 2.28. The molecule has 19 heavy (non-hydrogen) atoms. The number of fused-ring (bicyclic) bond motifs is 1. The topological polar surface area (TPSA) is 30.3 Å². The fraction of sp³-hybridized carbons (Fsp3) is 0.533. The van der Waals surface area contributed by atoms with Crippen molar-refractivity contribution in [1.29, 1.82) is 5.26 Å². The van der Waals surface area contributed by atoms with Crippen LogP contribution in [-0.4, -0.2) is 37.1 Å². The number of rotatable bonds is 1. The number of halogens is 1. The Balaban J connectivity index is 1.81. The van der Waals surface area contributed by atoms with Crippen molar-refractivity contribution in [2.75, 3.05) is 31.1 Å². The number of hydrogen-bond acceptors (Lipinski definition) is 3. The molecule has 0 aromatic heterocycles. The maximum absolute atomic E-state index is 9.26. The fourth-order valence-electron chi connectivity index (χ4n) is 3.25. The molecule has 1 unspecified atom stereocenters. The van der Waals surface area contributed by atoms with Gasteiger partial charge in [-0.25, -0.2) is 0 Å². The van der Waals surface area contributed by atoms with Gasteiger partial charge in [0.25, 0.3) is 0 Å². The van der Waals surface area contributed by atoms with Gasteiger partial charge in [-0.3, -0.25) is 4.90 Å². The lowest BCUT2D eigenvalue weighted by atomic mass is 9.99. The quantitative estimate of drug-likeness (QED) is 0.789. The van der Waals surface area contributed by atoms with Crippen molar-refractivity contribution in [3.05, 3.63) is 28.8 Å². The molecule has 1 aromatic rings. The summed E-state index contributed by atoms with van der Waals surface area (Å²) in [4.78, 5) is 4.95. The minimum atomic E-state index is 0.636. The first-order chi connectivity index (χ1) is 9.28. The first kappa shape index (κ1) is 12.8. The Morgan fingerprint density at radius 3 is 2.95 bits per heavy atom. The summed E-state index contributed by atoms with van der Waals surface area (Å²) < 4.78 is 0. The van der Waals surface area contributed by atoms with Gasteiger partial charge >= 0.3 is 0 Å². The van der Waals surface area contributed by atoms with E-state index >= 15 is 0 Å². The summed E-state index contributed by atoms with van der Waals surface area (Å²) in [5.41, 5.74) is 1.73. The van der Waals surface area contributed by atoms with Gasteiger partial charge in [0.05, 0.1) is 11.3 Å². The lowest BCUT2D eigenvalue weighted by Crippen LogP contribution is -2.55. The van der Waals surface area contributed by atoms with Crippen molar-refractivity contribution in [3.63, 3.8) is 0 Å². The van der Waals surface area contributed by atoms with Gasteiger partial charge in [0.2, 0.25) is 0 Å². The largest absolute Gasteiger partial charge is 0.368 e. The molecule has 0 aliphatic carbocycles. The lowest BCUT2D eigenvalue weighted by molar-refractivity contribution is 0.133. The molecule has 0 N–H and O–H groups in total. The van der Waals surface area contributed by atoms with Crippen molar-refractivity contribution in [1.82, 2.24) is 4.90 Å². The summed E-state index contributed by atoms with van der Waals surface area (Å²) in [6.45, 7) is 4.39. The minimum Gasteiger partial charge on any atom is -0.368 e. The van der Waals surface area contributed by atoms with Gasteiger partial charge in [-0.1, -0.05) is 18.0 Å². The van der Waals surface area contributed by atoms with Crippen LogP contribution in [0.1, 0.15) is 24.8 Å². The summed E-state index contributed by atoms with van der Waals surface area (Å²) in [5, 5.41) is 9.90. The van der Waals surface area contributed by atoms with Crippen LogP contribution in [0.5, 0.6) is 0 Å². The molecule has 0 bridgehead atoms. The maximum Gasteiger partial charge on any atom is 0.101 e.